The van der Waals surface area contributed by atoms with Crippen LogP contribution < -0.4 is 0 Å². The van der Waals surface area contributed by atoms with Gasteiger partial charge in [0.2, 0.25) is 0 Å². The molecule has 0 rings (SSSR count). The first-order chi connectivity index (χ1) is 3.83. The highest BCUT2D eigenvalue weighted by atomic mass is 35.5. The lowest BCUT2D eigenvalue weighted by atomic mass is 11.0. The van der Waals surface area contributed by atoms with Crippen LogP contribution in [0.3, 0.4) is 0 Å². The Labute approximate surface area is 70.1 Å². The Hall–Kier alpha value is 1.16. The summed E-state index contributed by atoms with van der Waals surface area (Å²) in [7, 11) is 0. The van der Waals surface area contributed by atoms with Crippen LogP contribution in [0.1, 0.15) is 0 Å². The van der Waals surface area contributed by atoms with Crippen LogP contribution in [0.2, 0.25) is 0 Å². The summed E-state index contributed by atoms with van der Waals surface area (Å²) in [5.74, 6) is 2.23. The molecule has 0 saturated heterocycles. The first-order valence-electron chi connectivity index (χ1n) is 2.07. The van der Waals surface area contributed by atoms with Crippen molar-refractivity contribution in [2.45, 2.75) is 0 Å². The third-order valence-corrected chi connectivity index (χ3v) is 1.29. The van der Waals surface area contributed by atoms with Gasteiger partial charge in [0.15, 0.2) is 0 Å². The minimum Gasteiger partial charge on any atom is -0.125 e. The molecule has 0 fully saturated rings. The molecule has 0 atom stereocenters. The third kappa shape index (κ3) is 27.2. The topological polar surface area (TPSA) is 0 Å². The lowest BCUT2D eigenvalue weighted by Crippen LogP contribution is -1.63. The summed E-state index contributed by atoms with van der Waals surface area (Å²) in [6.45, 7) is 0. The van der Waals surface area contributed by atoms with E-state index >= 15 is 0 Å². The molecular formula is C4H8Cl4. The fourth-order valence-electron chi connectivity index (χ4n) is 0. The first kappa shape index (κ1) is 11.9. The molecule has 0 aromatic heterocycles. The van der Waals surface area contributed by atoms with E-state index < -0.39 is 0 Å². The second kappa shape index (κ2) is 15.7. The number of rotatable bonds is 2. The highest BCUT2D eigenvalue weighted by Crippen LogP contribution is 1.75. The maximum absolute atomic E-state index is 5.05. The number of halogens is 4. The Balaban J connectivity index is 0. The summed E-state index contributed by atoms with van der Waals surface area (Å²) in [5.41, 5.74) is 0. The van der Waals surface area contributed by atoms with Gasteiger partial charge in [0, 0.05) is 23.5 Å². The van der Waals surface area contributed by atoms with E-state index in [-0.39, 0.29) is 0 Å². The minimum atomic E-state index is 0.557. The number of alkyl halides is 4. The molecule has 0 aliphatic heterocycles. The maximum atomic E-state index is 5.05. The second-order valence-electron chi connectivity index (χ2n) is 0.756. The lowest BCUT2D eigenvalue weighted by Gasteiger charge is -1.63. The molecule has 0 aromatic rings. The van der Waals surface area contributed by atoms with Gasteiger partial charge in [0.05, 0.1) is 0 Å². The quantitative estimate of drug-likeness (QED) is 0.598. The Morgan fingerprint density at radius 2 is 0.625 bits per heavy atom. The van der Waals surface area contributed by atoms with Crippen LogP contribution in [-0.2, 0) is 0 Å². The molecule has 0 nitrogen and oxygen atoms in total. The molecule has 8 heavy (non-hydrogen) atoms. The van der Waals surface area contributed by atoms with Crippen molar-refractivity contribution in [1.82, 2.24) is 0 Å². The van der Waals surface area contributed by atoms with Crippen molar-refractivity contribution < 1.29 is 0 Å². The van der Waals surface area contributed by atoms with E-state index in [0.717, 1.165) is 0 Å². The fraction of sp³-hybridized carbons (Fsp3) is 1.00. The molecule has 0 heterocycles. The Morgan fingerprint density at radius 1 is 0.500 bits per heavy atom. The molecule has 0 unspecified atom stereocenters. The minimum absolute atomic E-state index is 0.557. The van der Waals surface area contributed by atoms with Crippen molar-refractivity contribution in [3.8, 4) is 0 Å². The van der Waals surface area contributed by atoms with Crippen LogP contribution in [-0.4, -0.2) is 23.5 Å². The fourth-order valence-corrected chi connectivity index (χ4v) is 0. The molecule has 0 bridgehead atoms. The monoisotopic (exact) mass is 196 g/mol. The van der Waals surface area contributed by atoms with Gasteiger partial charge in [0.25, 0.3) is 0 Å². The molecule has 4 heteroatoms. The van der Waals surface area contributed by atoms with Crippen molar-refractivity contribution in [3.05, 3.63) is 0 Å². The Bertz CT molecular complexity index is 16.0. The van der Waals surface area contributed by atoms with Gasteiger partial charge in [-0.15, -0.1) is 46.4 Å². The zero-order chi connectivity index (χ0) is 6.83. The summed E-state index contributed by atoms with van der Waals surface area (Å²) in [6, 6.07) is 0. The Kier molecular flexibility index (Phi) is 23.4. The molecule has 0 aliphatic carbocycles. The molecule has 0 amide bonds. The van der Waals surface area contributed by atoms with Crippen molar-refractivity contribution in [1.29, 1.82) is 0 Å². The average Bonchev–Trinajstić information content (AvgIpc) is 1.88. The van der Waals surface area contributed by atoms with Crippen LogP contribution >= 0.6 is 46.4 Å². The van der Waals surface area contributed by atoms with Gasteiger partial charge in [-0.05, 0) is 0 Å². The molecule has 52 valence electrons. The number of hydrogen-bond acceptors (Lipinski definition) is 0. The molecule has 0 aliphatic rings. The molecule has 0 saturated carbocycles. The molecular weight excluding hydrogens is 190 g/mol. The van der Waals surface area contributed by atoms with Gasteiger partial charge in [-0.1, -0.05) is 0 Å². The first-order valence-corrected chi connectivity index (χ1v) is 4.21. The summed E-state index contributed by atoms with van der Waals surface area (Å²) in [6.07, 6.45) is 0. The van der Waals surface area contributed by atoms with Crippen molar-refractivity contribution in [2.24, 2.45) is 0 Å². The summed E-state index contributed by atoms with van der Waals surface area (Å²) in [5, 5.41) is 0. The molecule has 0 aromatic carbocycles. The predicted molar refractivity (Wildman–Crippen MR) is 42.9 cm³/mol. The van der Waals surface area contributed by atoms with E-state index in [0.29, 0.717) is 23.5 Å². The highest BCUT2D eigenvalue weighted by molar-refractivity contribution is 6.26. The standard InChI is InChI=1S/2C2H4Cl2/c2*3-1-2-4/h2*1-2H2. The predicted octanol–water partition coefficient (Wildman–Crippen LogP) is 2.93. The van der Waals surface area contributed by atoms with E-state index in [9.17, 15) is 0 Å². The Morgan fingerprint density at radius 3 is 0.625 bits per heavy atom. The van der Waals surface area contributed by atoms with E-state index in [1.54, 1.807) is 0 Å². The van der Waals surface area contributed by atoms with Gasteiger partial charge < -0.3 is 0 Å². The van der Waals surface area contributed by atoms with Crippen LogP contribution in [0, 0.1) is 0 Å². The largest absolute Gasteiger partial charge is 0.125 e. The van der Waals surface area contributed by atoms with Gasteiger partial charge in [-0.3, -0.25) is 0 Å². The molecule has 0 N–H and O–H groups in total. The smallest absolute Gasteiger partial charge is 0.0359 e. The van der Waals surface area contributed by atoms with Gasteiger partial charge in [-0.25, -0.2) is 0 Å². The summed E-state index contributed by atoms with van der Waals surface area (Å²) < 4.78 is 0. The summed E-state index contributed by atoms with van der Waals surface area (Å²) in [4.78, 5) is 0. The molecule has 0 spiro atoms. The molecule has 0 radical (unpaired) electrons. The summed E-state index contributed by atoms with van der Waals surface area (Å²) >= 11 is 20.2. The van der Waals surface area contributed by atoms with Crippen molar-refractivity contribution in [3.63, 3.8) is 0 Å². The zero-order valence-corrected chi connectivity index (χ0v) is 7.36. The van der Waals surface area contributed by atoms with Crippen LogP contribution in [0.25, 0.3) is 0 Å². The SMILES string of the molecule is ClCCCl.ClCCCl. The van der Waals surface area contributed by atoms with E-state index in [1.165, 1.54) is 0 Å². The average molecular weight is 198 g/mol. The van der Waals surface area contributed by atoms with E-state index in [4.69, 9.17) is 46.4 Å². The maximum Gasteiger partial charge on any atom is 0.0359 e. The van der Waals surface area contributed by atoms with Gasteiger partial charge in [-0.2, -0.15) is 0 Å². The van der Waals surface area contributed by atoms with E-state index in [2.05, 4.69) is 0 Å². The highest BCUT2D eigenvalue weighted by Gasteiger charge is 1.62. The van der Waals surface area contributed by atoms with Crippen molar-refractivity contribution >= 4 is 46.4 Å². The van der Waals surface area contributed by atoms with Crippen LogP contribution in [0.15, 0.2) is 0 Å². The van der Waals surface area contributed by atoms with Gasteiger partial charge in [0.1, 0.15) is 0 Å². The van der Waals surface area contributed by atoms with Gasteiger partial charge >= 0.3 is 0 Å². The van der Waals surface area contributed by atoms with Crippen molar-refractivity contribution in [2.75, 3.05) is 23.5 Å². The zero-order valence-electron chi connectivity index (χ0n) is 4.34. The van der Waals surface area contributed by atoms with Crippen LogP contribution in [0.5, 0.6) is 0 Å². The number of hydrogen-bond donors (Lipinski definition) is 0. The van der Waals surface area contributed by atoms with E-state index in [1.807, 2.05) is 0 Å². The third-order valence-electron chi connectivity index (χ3n) is 0.143. The van der Waals surface area contributed by atoms with Crippen LogP contribution in [0.4, 0.5) is 0 Å². The normalized spacial score (nSPS) is 7.50. The lowest BCUT2D eigenvalue weighted by molar-refractivity contribution is 1.52. The second-order valence-corrected chi connectivity index (χ2v) is 2.27.